The van der Waals surface area contributed by atoms with E-state index in [9.17, 15) is 35.2 Å². The van der Waals surface area contributed by atoms with Crippen molar-refractivity contribution in [3.63, 3.8) is 0 Å². The van der Waals surface area contributed by atoms with E-state index in [2.05, 4.69) is 0 Å². The Morgan fingerprint density at radius 2 is 1.73 bits per heavy atom. The third kappa shape index (κ3) is 8.64. The summed E-state index contributed by atoms with van der Waals surface area (Å²) < 4.78 is 97.7. The first-order valence-corrected chi connectivity index (χ1v) is 14.1. The number of halogens is 6. The number of ether oxygens (including phenoxy) is 1. The Hall–Kier alpha value is -3.22. The van der Waals surface area contributed by atoms with Crippen LogP contribution in [0.5, 0.6) is 5.75 Å². The molecule has 13 heteroatoms. The normalized spacial score (nSPS) is 12.1. The summed E-state index contributed by atoms with van der Waals surface area (Å²) in [5, 5.41) is 8.56. The van der Waals surface area contributed by atoms with Crippen molar-refractivity contribution in [2.75, 3.05) is 19.4 Å². The van der Waals surface area contributed by atoms with Crippen LogP contribution in [0.25, 0.3) is 0 Å². The second-order valence-corrected chi connectivity index (χ2v) is 11.4. The summed E-state index contributed by atoms with van der Waals surface area (Å²) >= 11 is 6.07. The fraction of sp³-hybridized carbons (Fsp3) is 0.296. The van der Waals surface area contributed by atoms with Gasteiger partial charge in [0, 0.05) is 37.5 Å². The average Bonchev–Trinajstić information content (AvgIpc) is 2.84. The van der Waals surface area contributed by atoms with Crippen LogP contribution in [0.3, 0.4) is 0 Å². The molecule has 0 radical (unpaired) electrons. The zero-order chi connectivity index (χ0) is 29.7. The van der Waals surface area contributed by atoms with Crippen LogP contribution in [0.1, 0.15) is 28.7 Å². The summed E-state index contributed by atoms with van der Waals surface area (Å²) in [6.07, 6.45) is -4.36. The number of sulfone groups is 1. The number of aliphatic carboxylic acids is 1. The van der Waals surface area contributed by atoms with Gasteiger partial charge in [-0.25, -0.2) is 17.2 Å². The number of alkyl halides is 3. The Bertz CT molecular complexity index is 1460. The molecule has 6 nitrogen and oxygen atoms in total. The number of carboxylic acids is 1. The molecule has 0 spiro atoms. The van der Waals surface area contributed by atoms with E-state index < -0.39 is 61.1 Å². The number of hydrogen-bond acceptors (Lipinski definition) is 5. The predicted octanol–water partition coefficient (Wildman–Crippen LogP) is 6.14. The molecule has 0 heterocycles. The van der Waals surface area contributed by atoms with E-state index in [0.717, 1.165) is 24.5 Å². The van der Waals surface area contributed by atoms with Gasteiger partial charge in [-0.3, -0.25) is 9.69 Å². The van der Waals surface area contributed by atoms with Crippen LogP contribution in [0, 0.1) is 11.6 Å². The Kier molecular flexibility index (Phi) is 10.1. The summed E-state index contributed by atoms with van der Waals surface area (Å²) in [6.45, 7) is 0.500. The molecule has 0 bridgehead atoms. The van der Waals surface area contributed by atoms with Gasteiger partial charge in [0.15, 0.2) is 9.84 Å². The zero-order valence-corrected chi connectivity index (χ0v) is 22.7. The van der Waals surface area contributed by atoms with E-state index >= 15 is 0 Å². The average molecular weight is 606 g/mol. The molecule has 3 aromatic rings. The predicted molar refractivity (Wildman–Crippen MR) is 138 cm³/mol. The van der Waals surface area contributed by atoms with Gasteiger partial charge in [0.05, 0.1) is 28.5 Å². The topological polar surface area (TPSA) is 83.9 Å². The van der Waals surface area contributed by atoms with E-state index in [1.54, 1.807) is 17.0 Å². The molecule has 216 valence electrons. The van der Waals surface area contributed by atoms with Crippen LogP contribution in [0.15, 0.2) is 59.5 Å². The summed E-state index contributed by atoms with van der Waals surface area (Å²) in [5.74, 6) is -3.02. The molecule has 0 atom stereocenters. The van der Waals surface area contributed by atoms with E-state index in [0.29, 0.717) is 5.56 Å². The standard InChI is InChI=1S/C27H25ClF5NO5S/c1-40(37,38)24-13-20(12-23(30)21(24)14-25(35)36)39-11-3-10-34(15-17-6-8-19(29)9-7-17)16-18-4-2-5-22(26(18)28)27(31,32)33/h2,4-9,12-13H,3,10-11,14-16H2,1H3,(H,35,36). The molecule has 40 heavy (non-hydrogen) atoms. The summed E-state index contributed by atoms with van der Waals surface area (Å²) in [4.78, 5) is 12.3. The van der Waals surface area contributed by atoms with Crippen LogP contribution in [-0.2, 0) is 40.3 Å². The third-order valence-corrected chi connectivity index (χ3v) is 7.45. The SMILES string of the molecule is CS(=O)(=O)c1cc(OCCCN(Cc2ccc(F)cc2)Cc2cccc(C(F)(F)F)c2Cl)cc(F)c1CC(=O)O. The van der Waals surface area contributed by atoms with Crippen LogP contribution >= 0.6 is 11.6 Å². The highest BCUT2D eigenvalue weighted by molar-refractivity contribution is 7.90. The third-order valence-electron chi connectivity index (χ3n) is 5.84. The fourth-order valence-electron chi connectivity index (χ4n) is 4.03. The van der Waals surface area contributed by atoms with Crippen molar-refractivity contribution in [1.82, 2.24) is 4.90 Å². The molecule has 0 aromatic heterocycles. The molecule has 0 unspecified atom stereocenters. The Morgan fingerprint density at radius 3 is 2.33 bits per heavy atom. The largest absolute Gasteiger partial charge is 0.493 e. The number of nitrogens with zero attached hydrogens (tertiary/aromatic N) is 1. The van der Waals surface area contributed by atoms with Crippen LogP contribution in [-0.4, -0.2) is 43.8 Å². The Morgan fingerprint density at radius 1 is 1.05 bits per heavy atom. The molecule has 0 fully saturated rings. The van der Waals surface area contributed by atoms with E-state index in [1.165, 1.54) is 24.3 Å². The lowest BCUT2D eigenvalue weighted by atomic mass is 10.1. The highest BCUT2D eigenvalue weighted by Crippen LogP contribution is 2.36. The highest BCUT2D eigenvalue weighted by Gasteiger charge is 2.34. The molecule has 0 aliphatic heterocycles. The maximum Gasteiger partial charge on any atom is 0.417 e. The van der Waals surface area contributed by atoms with Crippen molar-refractivity contribution in [3.05, 3.63) is 93.5 Å². The molecule has 1 N–H and O–H groups in total. The van der Waals surface area contributed by atoms with Crippen molar-refractivity contribution < 1.29 is 45.0 Å². The van der Waals surface area contributed by atoms with Crippen molar-refractivity contribution in [1.29, 1.82) is 0 Å². The number of hydrogen-bond donors (Lipinski definition) is 1. The monoisotopic (exact) mass is 605 g/mol. The van der Waals surface area contributed by atoms with Gasteiger partial charge in [-0.05, 0) is 41.8 Å². The summed E-state index contributed by atoms with van der Waals surface area (Å²) in [6, 6.07) is 11.2. The van der Waals surface area contributed by atoms with Crippen molar-refractivity contribution in [2.45, 2.75) is 37.0 Å². The van der Waals surface area contributed by atoms with Gasteiger partial charge in [-0.1, -0.05) is 35.9 Å². The Labute approximate surface area is 232 Å². The smallest absolute Gasteiger partial charge is 0.417 e. The minimum Gasteiger partial charge on any atom is -0.493 e. The zero-order valence-electron chi connectivity index (χ0n) is 21.1. The minimum absolute atomic E-state index is 0.0247. The lowest BCUT2D eigenvalue weighted by Gasteiger charge is -2.24. The summed E-state index contributed by atoms with van der Waals surface area (Å²) in [7, 11) is -3.97. The van der Waals surface area contributed by atoms with Gasteiger partial charge in [0.1, 0.15) is 17.4 Å². The van der Waals surface area contributed by atoms with Crippen molar-refractivity contribution >= 4 is 27.4 Å². The molecule has 3 rings (SSSR count). The van der Waals surface area contributed by atoms with Crippen molar-refractivity contribution in [3.8, 4) is 5.75 Å². The molecule has 0 amide bonds. The fourth-order valence-corrected chi connectivity index (χ4v) is 5.27. The first-order valence-electron chi connectivity index (χ1n) is 11.8. The molecule has 0 saturated heterocycles. The van der Waals surface area contributed by atoms with Crippen molar-refractivity contribution in [2.24, 2.45) is 0 Å². The van der Waals surface area contributed by atoms with Gasteiger partial charge in [-0.2, -0.15) is 13.2 Å². The van der Waals surface area contributed by atoms with Gasteiger partial charge >= 0.3 is 12.1 Å². The second kappa shape index (κ2) is 13.0. The molecular weight excluding hydrogens is 581 g/mol. The molecule has 0 saturated carbocycles. The lowest BCUT2D eigenvalue weighted by Crippen LogP contribution is -2.26. The van der Waals surface area contributed by atoms with E-state index in [4.69, 9.17) is 21.4 Å². The van der Waals surface area contributed by atoms with E-state index in [-0.39, 0.29) is 44.0 Å². The second-order valence-electron chi connectivity index (χ2n) is 9.04. The van der Waals surface area contributed by atoms with Gasteiger partial charge in [0.25, 0.3) is 0 Å². The summed E-state index contributed by atoms with van der Waals surface area (Å²) in [5.41, 5.74) is -0.523. The maximum absolute atomic E-state index is 14.6. The number of rotatable bonds is 12. The highest BCUT2D eigenvalue weighted by atomic mass is 35.5. The van der Waals surface area contributed by atoms with Crippen LogP contribution in [0.2, 0.25) is 5.02 Å². The van der Waals surface area contributed by atoms with Crippen LogP contribution < -0.4 is 4.74 Å². The van der Waals surface area contributed by atoms with Gasteiger partial charge in [-0.15, -0.1) is 0 Å². The minimum atomic E-state index is -4.64. The van der Waals surface area contributed by atoms with Gasteiger partial charge < -0.3 is 9.84 Å². The number of carbonyl (C=O) groups is 1. The Balaban J connectivity index is 1.76. The first-order chi connectivity index (χ1) is 18.6. The lowest BCUT2D eigenvalue weighted by molar-refractivity contribution is -0.138. The van der Waals surface area contributed by atoms with Crippen LogP contribution in [0.4, 0.5) is 22.0 Å². The molecule has 0 aliphatic carbocycles. The van der Waals surface area contributed by atoms with Gasteiger partial charge in [0.2, 0.25) is 0 Å². The molecule has 3 aromatic carbocycles. The molecule has 0 aliphatic rings. The maximum atomic E-state index is 14.6. The quantitative estimate of drug-likeness (QED) is 0.197. The number of carboxylic acid groups (broad SMARTS) is 1. The number of benzene rings is 3. The van der Waals surface area contributed by atoms with E-state index in [1.807, 2.05) is 0 Å². The molecular formula is C27H25ClF5NO5S. The first kappa shape index (κ1) is 31.3.